The van der Waals surface area contributed by atoms with Crippen LogP contribution in [0.15, 0.2) is 47.7 Å². The van der Waals surface area contributed by atoms with E-state index in [-0.39, 0.29) is 50.0 Å². The highest BCUT2D eigenvalue weighted by atomic mass is 32.2. The minimum atomic E-state index is -3.68. The highest BCUT2D eigenvalue weighted by Crippen LogP contribution is 2.19. The number of sulfonamides is 1. The van der Waals surface area contributed by atoms with Gasteiger partial charge >= 0.3 is 0 Å². The number of benzene rings is 1. The second kappa shape index (κ2) is 7.89. The molecule has 1 atom stereocenters. The van der Waals surface area contributed by atoms with Crippen LogP contribution in [0.3, 0.4) is 0 Å². The maximum Gasteiger partial charge on any atom is 0.215 e. The average molecular weight is 391 g/mol. The molecular formula is C18H23N4O4S. The molecule has 0 aromatic heterocycles. The molecule has 145 valence electrons. The first-order valence-electron chi connectivity index (χ1n) is 8.82. The Kier molecular flexibility index (Phi) is 5.75. The number of carbonyl (C=O) groups is 1. The van der Waals surface area contributed by atoms with Crippen LogP contribution in [-0.2, 0) is 21.2 Å². The molecule has 0 saturated carbocycles. The fourth-order valence-corrected chi connectivity index (χ4v) is 4.89. The molecule has 27 heavy (non-hydrogen) atoms. The first kappa shape index (κ1) is 19.7. The number of amidine groups is 1. The van der Waals surface area contributed by atoms with Gasteiger partial charge in [-0.1, -0.05) is 30.3 Å². The van der Waals surface area contributed by atoms with Gasteiger partial charge in [-0.15, -0.1) is 0 Å². The Hall–Kier alpha value is -2.07. The van der Waals surface area contributed by atoms with Gasteiger partial charge in [-0.2, -0.15) is 4.31 Å². The second-order valence-electron chi connectivity index (χ2n) is 7.05. The highest BCUT2D eigenvalue weighted by molar-refractivity contribution is 7.89. The zero-order valence-corrected chi connectivity index (χ0v) is 16.0. The molecule has 1 aromatic carbocycles. The lowest BCUT2D eigenvalue weighted by Crippen LogP contribution is -2.56. The number of ketones is 1. The number of hydrogen-bond acceptors (Lipinski definition) is 5. The van der Waals surface area contributed by atoms with Gasteiger partial charge in [-0.25, -0.2) is 18.7 Å². The quantitative estimate of drug-likeness (QED) is 0.498. The van der Waals surface area contributed by atoms with Crippen LogP contribution in [0.5, 0.6) is 0 Å². The van der Waals surface area contributed by atoms with Gasteiger partial charge in [0.2, 0.25) is 15.8 Å². The van der Waals surface area contributed by atoms with Gasteiger partial charge in [0.1, 0.15) is 0 Å². The maximum atomic E-state index is 12.9. The van der Waals surface area contributed by atoms with Gasteiger partial charge in [0.05, 0.1) is 39.0 Å². The van der Waals surface area contributed by atoms with Crippen LogP contribution in [0, 0.1) is 11.1 Å². The van der Waals surface area contributed by atoms with Crippen molar-refractivity contribution in [3.63, 3.8) is 0 Å². The van der Waals surface area contributed by atoms with Crippen LogP contribution in [0.2, 0.25) is 0 Å². The third kappa shape index (κ3) is 5.01. The van der Waals surface area contributed by atoms with Crippen molar-refractivity contribution in [2.45, 2.75) is 6.42 Å². The zero-order valence-electron chi connectivity index (χ0n) is 15.2. The van der Waals surface area contributed by atoms with Crippen LogP contribution >= 0.6 is 0 Å². The number of rotatable bonds is 7. The van der Waals surface area contributed by atoms with E-state index in [0.29, 0.717) is 0 Å². The summed E-state index contributed by atoms with van der Waals surface area (Å²) in [7, 11) is -2.14. The lowest BCUT2D eigenvalue weighted by Gasteiger charge is -2.44. The molecule has 2 heterocycles. The van der Waals surface area contributed by atoms with E-state index in [9.17, 15) is 18.4 Å². The van der Waals surface area contributed by atoms with Crippen LogP contribution < -0.4 is 5.32 Å². The first-order valence-corrected chi connectivity index (χ1v) is 10.4. The predicted molar refractivity (Wildman–Crippen MR) is 102 cm³/mol. The van der Waals surface area contributed by atoms with E-state index in [1.54, 1.807) is 7.05 Å². The number of quaternary nitrogens is 1. The number of hydrogen-bond donors (Lipinski definition) is 0. The minimum absolute atomic E-state index is 0.0357. The molecule has 0 spiro atoms. The Morgan fingerprint density at radius 2 is 1.89 bits per heavy atom. The number of Topliss-reactive ketones (excluding diaryl/α,β-unsaturated/α-hetero) is 1. The van der Waals surface area contributed by atoms with E-state index in [2.05, 4.69) is 10.3 Å². The summed E-state index contributed by atoms with van der Waals surface area (Å²) in [6.07, 6.45) is 3.12. The fraction of sp³-hybridized carbons (Fsp3) is 0.444. The molecule has 0 aliphatic carbocycles. The lowest BCUT2D eigenvalue weighted by atomic mass is 9.96. The molecule has 2 aliphatic rings. The van der Waals surface area contributed by atoms with Gasteiger partial charge < -0.3 is 9.85 Å². The van der Waals surface area contributed by atoms with Crippen molar-refractivity contribution in [2.24, 2.45) is 10.9 Å². The molecule has 1 saturated heterocycles. The van der Waals surface area contributed by atoms with Gasteiger partial charge in [0, 0.05) is 18.3 Å². The molecule has 9 heteroatoms. The summed E-state index contributed by atoms with van der Waals surface area (Å²) in [5, 5.41) is 15.9. The highest BCUT2D eigenvalue weighted by Gasteiger charge is 2.35. The third-order valence-electron chi connectivity index (χ3n) is 4.83. The van der Waals surface area contributed by atoms with E-state index in [4.69, 9.17) is 0 Å². The van der Waals surface area contributed by atoms with Gasteiger partial charge in [0.15, 0.2) is 5.84 Å². The van der Waals surface area contributed by atoms with Gasteiger partial charge in [0.25, 0.3) is 0 Å². The normalized spacial score (nSPS) is 20.7. The molecule has 1 aromatic rings. The number of likely N-dealkylation sites (N-methyl/N-ethyl adjacent to an activating group) is 1. The Labute approximate surface area is 159 Å². The molecular weight excluding hydrogens is 368 g/mol. The van der Waals surface area contributed by atoms with E-state index in [1.807, 2.05) is 30.3 Å². The van der Waals surface area contributed by atoms with E-state index < -0.39 is 20.6 Å². The number of hydroxylamine groups is 3. The molecule has 0 N–H and O–H groups in total. The van der Waals surface area contributed by atoms with Crippen LogP contribution in [0.4, 0.5) is 0 Å². The summed E-state index contributed by atoms with van der Waals surface area (Å²) in [5.41, 5.74) is 0.875. The minimum Gasteiger partial charge on any atom is -0.633 e. The SMILES string of the molecule is C[N+]1([O-])CCN(S(=O)(=O)C[C@H](Cc2ccccc2)C(=O)C2=NC=C[N]2)CC1. The van der Waals surface area contributed by atoms with Crippen molar-refractivity contribution in [1.82, 2.24) is 9.62 Å². The Morgan fingerprint density at radius 1 is 1.22 bits per heavy atom. The van der Waals surface area contributed by atoms with Crippen molar-refractivity contribution >= 4 is 21.6 Å². The lowest BCUT2D eigenvalue weighted by molar-refractivity contribution is -0.864. The first-order chi connectivity index (χ1) is 12.8. The monoisotopic (exact) mass is 391 g/mol. The summed E-state index contributed by atoms with van der Waals surface area (Å²) in [4.78, 5) is 16.7. The van der Waals surface area contributed by atoms with Crippen LogP contribution in [0.25, 0.3) is 0 Å². The summed E-state index contributed by atoms with van der Waals surface area (Å²) < 4.78 is 26.7. The summed E-state index contributed by atoms with van der Waals surface area (Å²) in [5.74, 6) is -1.45. The maximum absolute atomic E-state index is 12.9. The number of nitrogens with zero attached hydrogens (tertiary/aromatic N) is 4. The number of carbonyl (C=O) groups excluding carboxylic acids is 1. The van der Waals surface area contributed by atoms with Crippen molar-refractivity contribution < 1.29 is 17.9 Å². The van der Waals surface area contributed by atoms with E-state index >= 15 is 0 Å². The number of piperazine rings is 1. The molecule has 0 bridgehead atoms. The van der Waals surface area contributed by atoms with Crippen molar-refractivity contribution in [3.8, 4) is 0 Å². The molecule has 1 fully saturated rings. The largest absolute Gasteiger partial charge is 0.633 e. The van der Waals surface area contributed by atoms with Gasteiger partial charge in [-0.05, 0) is 12.0 Å². The summed E-state index contributed by atoms with van der Waals surface area (Å²) in [6, 6.07) is 9.29. The smallest absolute Gasteiger partial charge is 0.215 e. The Bertz CT molecular complexity index is 839. The molecule has 3 rings (SSSR count). The van der Waals surface area contributed by atoms with E-state index in [1.165, 1.54) is 16.7 Å². The fourth-order valence-electron chi connectivity index (χ4n) is 3.18. The summed E-state index contributed by atoms with van der Waals surface area (Å²) >= 11 is 0. The summed E-state index contributed by atoms with van der Waals surface area (Å²) in [6.45, 7) is 0.758. The third-order valence-corrected chi connectivity index (χ3v) is 6.80. The molecule has 2 aliphatic heterocycles. The standard InChI is InChI=1S/C18H23N4O4S/c1-22(24)11-9-21(10-12-22)27(25,26)14-16(13-15-5-3-2-4-6-15)17(23)18-19-7-8-20-18/h2-8,16H,9-14H2,1H3/t16-/m0/s1. The van der Waals surface area contributed by atoms with Crippen molar-refractivity contribution in [2.75, 3.05) is 39.0 Å². The molecule has 8 nitrogen and oxygen atoms in total. The Balaban J connectivity index is 1.76. The number of aliphatic imine (C=N–C) groups is 1. The predicted octanol–water partition coefficient (Wildman–Crippen LogP) is 0.492. The van der Waals surface area contributed by atoms with Crippen LogP contribution in [0.1, 0.15) is 5.56 Å². The van der Waals surface area contributed by atoms with E-state index in [0.717, 1.165) is 5.56 Å². The Morgan fingerprint density at radius 3 is 2.48 bits per heavy atom. The molecule has 0 amide bonds. The topological polar surface area (TPSA) is 104 Å². The zero-order chi connectivity index (χ0) is 19.5. The van der Waals surface area contributed by atoms with Crippen LogP contribution in [-0.4, -0.2) is 68.0 Å². The van der Waals surface area contributed by atoms with Crippen molar-refractivity contribution in [3.05, 3.63) is 53.5 Å². The average Bonchev–Trinajstić information content (AvgIpc) is 3.15. The molecule has 0 unspecified atom stereocenters. The van der Waals surface area contributed by atoms with Gasteiger partial charge in [-0.3, -0.25) is 4.79 Å². The molecule has 1 radical (unpaired) electrons. The second-order valence-corrected chi connectivity index (χ2v) is 9.07. The van der Waals surface area contributed by atoms with Crippen molar-refractivity contribution in [1.29, 1.82) is 0 Å².